The summed E-state index contributed by atoms with van der Waals surface area (Å²) in [6, 6.07) is 9.34. The van der Waals surface area contributed by atoms with Gasteiger partial charge >= 0.3 is 0 Å². The molecular formula is C19H27N3O. The van der Waals surface area contributed by atoms with E-state index in [-0.39, 0.29) is 0 Å². The molecule has 2 heterocycles. The van der Waals surface area contributed by atoms with Crippen LogP contribution >= 0.6 is 0 Å². The molecule has 0 aliphatic carbocycles. The van der Waals surface area contributed by atoms with E-state index in [2.05, 4.69) is 67.0 Å². The average molecular weight is 313 g/mol. The van der Waals surface area contributed by atoms with E-state index in [0.717, 1.165) is 37.6 Å². The second kappa shape index (κ2) is 6.85. The van der Waals surface area contributed by atoms with E-state index in [1.54, 1.807) is 6.26 Å². The Morgan fingerprint density at radius 2 is 2.04 bits per heavy atom. The first-order valence-electron chi connectivity index (χ1n) is 8.42. The van der Waals surface area contributed by atoms with Crippen LogP contribution in [0, 0.1) is 0 Å². The number of hydrogen-bond acceptors (Lipinski definition) is 4. The molecule has 2 aromatic rings. The van der Waals surface area contributed by atoms with Crippen LogP contribution in [0.2, 0.25) is 0 Å². The minimum atomic E-state index is 0.343. The van der Waals surface area contributed by atoms with Gasteiger partial charge in [0.05, 0.1) is 5.69 Å². The minimum absolute atomic E-state index is 0.343. The van der Waals surface area contributed by atoms with Crippen molar-refractivity contribution in [1.29, 1.82) is 0 Å². The summed E-state index contributed by atoms with van der Waals surface area (Å²) in [6.45, 7) is 7.12. The Bertz CT molecular complexity index is 650. The summed E-state index contributed by atoms with van der Waals surface area (Å²) >= 11 is 0. The van der Waals surface area contributed by atoms with Gasteiger partial charge in [-0.3, -0.25) is 9.80 Å². The molecule has 1 aromatic heterocycles. The Kier molecular flexibility index (Phi) is 4.83. The smallest absolute Gasteiger partial charge is 0.196 e. The first kappa shape index (κ1) is 16.2. The molecular weight excluding hydrogens is 286 g/mol. The Morgan fingerprint density at radius 3 is 2.74 bits per heavy atom. The van der Waals surface area contributed by atoms with Crippen LogP contribution in [0.5, 0.6) is 0 Å². The molecule has 1 aliphatic heterocycles. The van der Waals surface area contributed by atoms with E-state index in [4.69, 9.17) is 4.42 Å². The van der Waals surface area contributed by atoms with Crippen LogP contribution in [-0.2, 0) is 19.5 Å². The van der Waals surface area contributed by atoms with Gasteiger partial charge in [-0.2, -0.15) is 0 Å². The largest absolute Gasteiger partial charge is 0.448 e. The van der Waals surface area contributed by atoms with Gasteiger partial charge in [0.2, 0.25) is 0 Å². The van der Waals surface area contributed by atoms with Gasteiger partial charge in [0.1, 0.15) is 6.26 Å². The van der Waals surface area contributed by atoms with E-state index in [9.17, 15) is 0 Å². The Hall–Kier alpha value is -1.65. The average Bonchev–Trinajstić information content (AvgIpc) is 2.96. The van der Waals surface area contributed by atoms with Crippen LogP contribution in [0.25, 0.3) is 0 Å². The molecule has 23 heavy (non-hydrogen) atoms. The van der Waals surface area contributed by atoms with Crippen LogP contribution in [-0.4, -0.2) is 41.5 Å². The second-order valence-electron chi connectivity index (χ2n) is 7.07. The standard InChI is InChI=1S/C19H27N3O/c1-14(2)19-20-17(13-23-19)11-21(3)12-18-9-15-7-5-6-8-16(15)10-22(18)4/h5-8,13-14,18H,9-12H2,1-4H3/t18-/m0/s1. The molecule has 0 N–H and O–H groups in total. The molecule has 0 amide bonds. The van der Waals surface area contributed by atoms with Crippen molar-refractivity contribution in [1.82, 2.24) is 14.8 Å². The van der Waals surface area contributed by atoms with Gasteiger partial charge in [-0.15, -0.1) is 0 Å². The highest BCUT2D eigenvalue weighted by Gasteiger charge is 2.24. The fraction of sp³-hybridized carbons (Fsp3) is 0.526. The third-order valence-corrected chi connectivity index (χ3v) is 4.63. The van der Waals surface area contributed by atoms with Crippen LogP contribution in [0.3, 0.4) is 0 Å². The first-order chi connectivity index (χ1) is 11.0. The van der Waals surface area contributed by atoms with E-state index >= 15 is 0 Å². The highest BCUT2D eigenvalue weighted by atomic mass is 16.3. The zero-order valence-corrected chi connectivity index (χ0v) is 14.6. The van der Waals surface area contributed by atoms with Crippen molar-refractivity contribution < 1.29 is 4.42 Å². The van der Waals surface area contributed by atoms with Crippen LogP contribution in [0.15, 0.2) is 34.9 Å². The van der Waals surface area contributed by atoms with Gasteiger partial charge < -0.3 is 4.42 Å². The van der Waals surface area contributed by atoms with Crippen molar-refractivity contribution in [2.24, 2.45) is 0 Å². The van der Waals surface area contributed by atoms with Gasteiger partial charge in [-0.25, -0.2) is 4.98 Å². The lowest BCUT2D eigenvalue weighted by atomic mass is 9.94. The number of rotatable bonds is 5. The molecule has 0 saturated heterocycles. The summed E-state index contributed by atoms with van der Waals surface area (Å²) in [5.41, 5.74) is 3.98. The maximum Gasteiger partial charge on any atom is 0.196 e. The summed E-state index contributed by atoms with van der Waals surface area (Å²) < 4.78 is 5.54. The minimum Gasteiger partial charge on any atom is -0.448 e. The fourth-order valence-corrected chi connectivity index (χ4v) is 3.28. The molecule has 0 bridgehead atoms. The van der Waals surface area contributed by atoms with Crippen molar-refractivity contribution >= 4 is 0 Å². The number of aromatic nitrogens is 1. The fourth-order valence-electron chi connectivity index (χ4n) is 3.28. The number of nitrogens with zero attached hydrogens (tertiary/aromatic N) is 3. The normalized spacial score (nSPS) is 18.6. The van der Waals surface area contributed by atoms with Gasteiger partial charge in [0.25, 0.3) is 0 Å². The molecule has 0 fully saturated rings. The van der Waals surface area contributed by atoms with E-state index < -0.39 is 0 Å². The topological polar surface area (TPSA) is 32.5 Å². The van der Waals surface area contributed by atoms with Gasteiger partial charge in [0, 0.05) is 31.6 Å². The Balaban J connectivity index is 1.60. The molecule has 1 atom stereocenters. The summed E-state index contributed by atoms with van der Waals surface area (Å²) in [5, 5.41) is 0. The molecule has 4 heteroatoms. The highest BCUT2D eigenvalue weighted by molar-refractivity contribution is 5.30. The van der Waals surface area contributed by atoms with Crippen molar-refractivity contribution in [3.05, 3.63) is 53.2 Å². The highest BCUT2D eigenvalue weighted by Crippen LogP contribution is 2.22. The van der Waals surface area contributed by atoms with E-state index in [1.165, 1.54) is 11.1 Å². The van der Waals surface area contributed by atoms with Gasteiger partial charge in [-0.1, -0.05) is 38.1 Å². The van der Waals surface area contributed by atoms with Crippen molar-refractivity contribution in [2.75, 3.05) is 20.6 Å². The van der Waals surface area contributed by atoms with Crippen LogP contribution in [0.1, 0.15) is 42.5 Å². The number of benzene rings is 1. The monoisotopic (exact) mass is 313 g/mol. The van der Waals surface area contributed by atoms with Gasteiger partial charge in [-0.05, 0) is 31.6 Å². The quantitative estimate of drug-likeness (QED) is 0.848. The van der Waals surface area contributed by atoms with E-state index in [0.29, 0.717) is 12.0 Å². The zero-order valence-electron chi connectivity index (χ0n) is 14.6. The van der Waals surface area contributed by atoms with Crippen molar-refractivity contribution in [3.63, 3.8) is 0 Å². The van der Waals surface area contributed by atoms with Crippen molar-refractivity contribution in [2.45, 2.75) is 45.3 Å². The lowest BCUT2D eigenvalue weighted by Crippen LogP contribution is -2.44. The lowest BCUT2D eigenvalue weighted by Gasteiger charge is -2.36. The molecule has 0 spiro atoms. The van der Waals surface area contributed by atoms with Crippen LogP contribution < -0.4 is 0 Å². The second-order valence-corrected chi connectivity index (χ2v) is 7.07. The van der Waals surface area contributed by atoms with Crippen LogP contribution in [0.4, 0.5) is 0 Å². The molecule has 4 nitrogen and oxygen atoms in total. The zero-order chi connectivity index (χ0) is 16.4. The summed E-state index contributed by atoms with van der Waals surface area (Å²) in [4.78, 5) is 9.38. The molecule has 0 radical (unpaired) electrons. The van der Waals surface area contributed by atoms with Gasteiger partial charge in [0.15, 0.2) is 5.89 Å². The number of hydrogen-bond donors (Lipinski definition) is 0. The maximum absolute atomic E-state index is 5.54. The summed E-state index contributed by atoms with van der Waals surface area (Å²) in [6.07, 6.45) is 2.92. The predicted octanol–water partition coefficient (Wildman–Crippen LogP) is 3.29. The van der Waals surface area contributed by atoms with E-state index in [1.807, 2.05) is 0 Å². The Morgan fingerprint density at radius 1 is 1.30 bits per heavy atom. The molecule has 1 aliphatic rings. The van der Waals surface area contributed by atoms with Crippen molar-refractivity contribution in [3.8, 4) is 0 Å². The molecule has 1 aromatic carbocycles. The molecule has 0 unspecified atom stereocenters. The Labute approximate surface area is 139 Å². The maximum atomic E-state index is 5.54. The molecule has 0 saturated carbocycles. The first-order valence-corrected chi connectivity index (χ1v) is 8.42. The predicted molar refractivity (Wildman–Crippen MR) is 92.3 cm³/mol. The lowest BCUT2D eigenvalue weighted by molar-refractivity contribution is 0.158. The number of fused-ring (bicyclic) bond motifs is 1. The summed E-state index contributed by atoms with van der Waals surface area (Å²) in [7, 11) is 4.39. The summed E-state index contributed by atoms with van der Waals surface area (Å²) in [5.74, 6) is 1.17. The number of oxazole rings is 1. The number of likely N-dealkylation sites (N-methyl/N-ethyl adjacent to an activating group) is 2. The third-order valence-electron chi connectivity index (χ3n) is 4.63. The third kappa shape index (κ3) is 3.82. The molecule has 124 valence electrons. The molecule has 3 rings (SSSR count). The SMILES string of the molecule is CC(C)c1nc(CN(C)C[C@@H]2Cc3ccccc3CN2C)co1.